The van der Waals surface area contributed by atoms with Crippen molar-refractivity contribution in [2.45, 2.75) is 59.3 Å². The molecule has 0 aliphatic heterocycles. The van der Waals surface area contributed by atoms with E-state index in [0.717, 1.165) is 33.4 Å². The van der Waals surface area contributed by atoms with Crippen LogP contribution in [0, 0.1) is 36.5 Å². The molecule has 48 heavy (non-hydrogen) atoms. The van der Waals surface area contributed by atoms with Crippen LogP contribution in [0.3, 0.4) is 0 Å². The van der Waals surface area contributed by atoms with Crippen molar-refractivity contribution >= 4 is 5.97 Å². The van der Waals surface area contributed by atoms with Gasteiger partial charge in [0.15, 0.2) is 0 Å². The van der Waals surface area contributed by atoms with E-state index in [1.54, 1.807) is 60.7 Å². The first-order valence-electron chi connectivity index (χ1n) is 16.0. The lowest BCUT2D eigenvalue weighted by Crippen LogP contribution is -2.15. The van der Waals surface area contributed by atoms with E-state index in [1.807, 2.05) is 36.4 Å². The Kier molecular flexibility index (Phi) is 9.97. The van der Waals surface area contributed by atoms with Gasteiger partial charge in [-0.05, 0) is 120 Å². The van der Waals surface area contributed by atoms with Crippen LogP contribution < -0.4 is 9.47 Å². The highest BCUT2D eigenvalue weighted by atomic mass is 16.5. The smallest absolute Gasteiger partial charge is 0.335 e. The lowest BCUT2D eigenvalue weighted by molar-refractivity contribution is 0.0695. The third-order valence-corrected chi connectivity index (χ3v) is 8.73. The molecular weight excluding hydrogens is 596 g/mol. The summed E-state index contributed by atoms with van der Waals surface area (Å²) in [5, 5.41) is 28.8. The molecule has 6 nitrogen and oxygen atoms in total. The fourth-order valence-electron chi connectivity index (χ4n) is 6.57. The third kappa shape index (κ3) is 6.80. The molecular formula is C42H38N2O4. The van der Waals surface area contributed by atoms with Crippen LogP contribution in [0.2, 0.25) is 0 Å². The number of benzene rings is 5. The predicted octanol–water partition coefficient (Wildman–Crippen LogP) is 10.8. The van der Waals surface area contributed by atoms with Gasteiger partial charge in [0.1, 0.15) is 23.0 Å². The van der Waals surface area contributed by atoms with E-state index in [2.05, 4.69) is 53.7 Å². The molecule has 0 saturated carbocycles. The number of rotatable bonds is 10. The van der Waals surface area contributed by atoms with E-state index < -0.39 is 11.9 Å². The second-order valence-corrected chi connectivity index (χ2v) is 12.5. The Labute approximate surface area is 282 Å². The summed E-state index contributed by atoms with van der Waals surface area (Å²) >= 11 is 0. The molecule has 0 spiro atoms. The SMILES string of the molecule is Cc1c(C(c2ccccc2C(=O)O)c2ccc(Oc3ccc(C#N)cc3)c(C(C)C)c2C)ccc(Oc2ccc(C#N)cc2)c1C(C)C. The molecule has 0 amide bonds. The number of nitrogens with zero attached hydrogens (tertiary/aromatic N) is 2. The molecule has 0 atom stereocenters. The Morgan fingerprint density at radius 3 is 1.40 bits per heavy atom. The monoisotopic (exact) mass is 634 g/mol. The summed E-state index contributed by atoms with van der Waals surface area (Å²) in [5.74, 6) is 1.51. The average Bonchev–Trinajstić information content (AvgIpc) is 3.07. The molecule has 0 fully saturated rings. The van der Waals surface area contributed by atoms with Gasteiger partial charge >= 0.3 is 5.97 Å². The maximum atomic E-state index is 12.6. The lowest BCUT2D eigenvalue weighted by atomic mass is 9.76. The van der Waals surface area contributed by atoms with E-state index in [9.17, 15) is 20.4 Å². The van der Waals surface area contributed by atoms with Crippen molar-refractivity contribution in [3.8, 4) is 35.1 Å². The maximum absolute atomic E-state index is 12.6. The molecule has 0 aromatic heterocycles. The summed E-state index contributed by atoms with van der Waals surface area (Å²) < 4.78 is 12.8. The van der Waals surface area contributed by atoms with Crippen LogP contribution in [-0.4, -0.2) is 11.1 Å². The van der Waals surface area contributed by atoms with Crippen LogP contribution in [0.15, 0.2) is 97.1 Å². The lowest BCUT2D eigenvalue weighted by Gasteiger charge is -2.29. The Hall–Kier alpha value is -5.85. The van der Waals surface area contributed by atoms with Crippen molar-refractivity contribution in [2.75, 3.05) is 0 Å². The van der Waals surface area contributed by atoms with E-state index >= 15 is 0 Å². The van der Waals surface area contributed by atoms with Crippen molar-refractivity contribution in [3.63, 3.8) is 0 Å². The summed E-state index contributed by atoms with van der Waals surface area (Å²) in [6.45, 7) is 12.6. The predicted molar refractivity (Wildman–Crippen MR) is 187 cm³/mol. The van der Waals surface area contributed by atoms with Crippen LogP contribution in [0.4, 0.5) is 0 Å². The van der Waals surface area contributed by atoms with Crippen molar-refractivity contribution < 1.29 is 19.4 Å². The molecule has 5 rings (SSSR count). The number of nitriles is 2. The van der Waals surface area contributed by atoms with Gasteiger partial charge in [-0.2, -0.15) is 10.5 Å². The largest absolute Gasteiger partial charge is 0.478 e. The van der Waals surface area contributed by atoms with Gasteiger partial charge in [-0.25, -0.2) is 4.79 Å². The molecule has 240 valence electrons. The number of carbonyl (C=O) groups is 1. The molecule has 1 N–H and O–H groups in total. The Balaban J connectivity index is 1.70. The third-order valence-electron chi connectivity index (χ3n) is 8.73. The summed E-state index contributed by atoms with van der Waals surface area (Å²) in [6, 6.07) is 33.6. The fraction of sp³-hybridized carbons (Fsp3) is 0.214. The second-order valence-electron chi connectivity index (χ2n) is 12.5. The second kappa shape index (κ2) is 14.3. The van der Waals surface area contributed by atoms with Crippen molar-refractivity contribution in [2.24, 2.45) is 0 Å². The van der Waals surface area contributed by atoms with Gasteiger partial charge in [0.25, 0.3) is 0 Å². The molecule has 0 aliphatic carbocycles. The van der Waals surface area contributed by atoms with E-state index in [1.165, 1.54) is 0 Å². The van der Waals surface area contributed by atoms with Gasteiger partial charge in [0, 0.05) is 17.0 Å². The van der Waals surface area contributed by atoms with E-state index in [0.29, 0.717) is 39.7 Å². The Morgan fingerprint density at radius 1 is 0.604 bits per heavy atom. The standard InChI is InChI=1S/C42H38N2O4/c1-25(2)39-27(5)33(19-21-37(39)47-31-15-11-29(23-43)12-16-31)41(35-9-7-8-10-36(35)42(45)46)34-20-22-38(40(26(3)4)28(34)6)48-32-17-13-30(24-44)14-18-32/h7-22,25-26,41H,1-6H3,(H,45,46). The van der Waals surface area contributed by atoms with Crippen molar-refractivity contribution in [1.82, 2.24) is 0 Å². The molecule has 0 aliphatic rings. The van der Waals surface area contributed by atoms with Gasteiger partial charge in [-0.3, -0.25) is 0 Å². The zero-order valence-corrected chi connectivity index (χ0v) is 28.0. The number of aromatic carboxylic acids is 1. The van der Waals surface area contributed by atoms with Gasteiger partial charge in [-0.1, -0.05) is 58.0 Å². The van der Waals surface area contributed by atoms with Crippen LogP contribution in [0.5, 0.6) is 23.0 Å². The molecule has 0 heterocycles. The summed E-state index contributed by atoms with van der Waals surface area (Å²) in [6.07, 6.45) is 0. The van der Waals surface area contributed by atoms with Crippen molar-refractivity contribution in [3.05, 3.63) is 153 Å². The topological polar surface area (TPSA) is 103 Å². The molecule has 5 aromatic carbocycles. The highest BCUT2D eigenvalue weighted by Crippen LogP contribution is 2.45. The summed E-state index contributed by atoms with van der Waals surface area (Å²) in [5.41, 5.74) is 8.11. The Bertz CT molecular complexity index is 1930. The highest BCUT2D eigenvalue weighted by Gasteiger charge is 2.29. The van der Waals surface area contributed by atoms with Crippen LogP contribution in [0.25, 0.3) is 0 Å². The quantitative estimate of drug-likeness (QED) is 0.153. The maximum Gasteiger partial charge on any atom is 0.335 e. The minimum absolute atomic E-state index is 0.101. The molecule has 5 aromatic rings. The van der Waals surface area contributed by atoms with Gasteiger partial charge in [0.2, 0.25) is 0 Å². The minimum Gasteiger partial charge on any atom is -0.478 e. The summed E-state index contributed by atoms with van der Waals surface area (Å²) in [7, 11) is 0. The number of hydrogen-bond acceptors (Lipinski definition) is 5. The zero-order valence-electron chi connectivity index (χ0n) is 28.0. The first-order chi connectivity index (χ1) is 23.0. The minimum atomic E-state index is -0.986. The van der Waals surface area contributed by atoms with Crippen molar-refractivity contribution in [1.29, 1.82) is 10.5 Å². The first kappa shape index (κ1) is 33.5. The highest BCUT2D eigenvalue weighted by molar-refractivity contribution is 5.90. The first-order valence-corrected chi connectivity index (χ1v) is 16.0. The fourth-order valence-corrected chi connectivity index (χ4v) is 6.57. The van der Waals surface area contributed by atoms with Gasteiger partial charge < -0.3 is 14.6 Å². The molecule has 0 bridgehead atoms. The van der Waals surface area contributed by atoms with Crippen LogP contribution in [0.1, 0.15) is 106 Å². The van der Waals surface area contributed by atoms with Gasteiger partial charge in [-0.15, -0.1) is 0 Å². The average molecular weight is 635 g/mol. The number of ether oxygens (including phenoxy) is 2. The number of hydrogen-bond donors (Lipinski definition) is 1. The van der Waals surface area contributed by atoms with Crippen LogP contribution >= 0.6 is 0 Å². The van der Waals surface area contributed by atoms with E-state index in [4.69, 9.17) is 9.47 Å². The van der Waals surface area contributed by atoms with E-state index in [-0.39, 0.29) is 17.4 Å². The molecule has 0 unspecified atom stereocenters. The van der Waals surface area contributed by atoms with Crippen LogP contribution in [-0.2, 0) is 0 Å². The normalized spacial score (nSPS) is 11.0. The summed E-state index contributed by atoms with van der Waals surface area (Å²) in [4.78, 5) is 12.6. The Morgan fingerprint density at radius 2 is 1.02 bits per heavy atom. The number of carboxylic acid groups (broad SMARTS) is 1. The van der Waals surface area contributed by atoms with Gasteiger partial charge in [0.05, 0.1) is 28.8 Å². The zero-order chi connectivity index (χ0) is 34.5. The molecule has 0 radical (unpaired) electrons. The number of carboxylic acids is 1. The molecule has 0 saturated heterocycles. The molecule has 6 heteroatoms.